The van der Waals surface area contributed by atoms with E-state index in [2.05, 4.69) is 11.4 Å². The number of benzene rings is 1. The molecule has 1 saturated carbocycles. The van der Waals surface area contributed by atoms with E-state index in [4.69, 9.17) is 9.47 Å². The molecule has 1 atom stereocenters. The van der Waals surface area contributed by atoms with Crippen LogP contribution in [0.1, 0.15) is 39.0 Å². The van der Waals surface area contributed by atoms with Crippen LogP contribution in [0.3, 0.4) is 0 Å². The van der Waals surface area contributed by atoms with E-state index in [9.17, 15) is 19.2 Å². The van der Waals surface area contributed by atoms with Crippen LogP contribution >= 0.6 is 0 Å². The summed E-state index contributed by atoms with van der Waals surface area (Å²) in [5.41, 5.74) is -0.889. The van der Waals surface area contributed by atoms with Crippen molar-refractivity contribution in [3.63, 3.8) is 0 Å². The van der Waals surface area contributed by atoms with Crippen LogP contribution < -0.4 is 10.1 Å². The zero-order valence-corrected chi connectivity index (χ0v) is 14.1. The van der Waals surface area contributed by atoms with Gasteiger partial charge in [0.05, 0.1) is 6.07 Å². The summed E-state index contributed by atoms with van der Waals surface area (Å²) in [6.07, 6.45) is 2.90. The maximum Gasteiger partial charge on any atom is 0.344 e. The van der Waals surface area contributed by atoms with Gasteiger partial charge in [0.2, 0.25) is 0 Å². The highest BCUT2D eigenvalue weighted by molar-refractivity contribution is 5.84. The minimum atomic E-state index is -1.07. The molecule has 1 aliphatic rings. The zero-order valence-electron chi connectivity index (χ0n) is 14.1. The van der Waals surface area contributed by atoms with Crippen molar-refractivity contribution in [2.45, 2.75) is 50.7 Å². The lowest BCUT2D eigenvalue weighted by Crippen LogP contribution is -2.52. The molecule has 1 amide bonds. The van der Waals surface area contributed by atoms with E-state index in [1.165, 1.54) is 25.1 Å². The van der Waals surface area contributed by atoms with Crippen LogP contribution in [-0.4, -0.2) is 30.1 Å². The van der Waals surface area contributed by atoms with Crippen LogP contribution in [-0.2, 0) is 14.3 Å². The van der Waals surface area contributed by atoms with Crippen molar-refractivity contribution in [1.82, 2.24) is 5.32 Å². The maximum atomic E-state index is 13.4. The van der Waals surface area contributed by atoms with Crippen molar-refractivity contribution >= 4 is 11.9 Å². The molecular formula is C18H21FN2O4. The molecule has 134 valence electrons. The van der Waals surface area contributed by atoms with Crippen LogP contribution in [0.15, 0.2) is 24.3 Å². The first-order chi connectivity index (χ1) is 12.0. The van der Waals surface area contributed by atoms with Crippen molar-refractivity contribution in [3.05, 3.63) is 30.1 Å². The minimum Gasteiger partial charge on any atom is -0.479 e. The second-order valence-electron chi connectivity index (χ2n) is 6.10. The Kier molecular flexibility index (Phi) is 6.34. The van der Waals surface area contributed by atoms with Crippen molar-refractivity contribution in [3.8, 4) is 11.8 Å². The third kappa shape index (κ3) is 5.18. The summed E-state index contributed by atoms with van der Waals surface area (Å²) in [6.45, 7) is 0.909. The van der Waals surface area contributed by atoms with Gasteiger partial charge in [-0.15, -0.1) is 0 Å². The van der Waals surface area contributed by atoms with Crippen LogP contribution in [0, 0.1) is 17.1 Å². The Hall–Kier alpha value is -2.62. The highest BCUT2D eigenvalue weighted by Crippen LogP contribution is 2.27. The van der Waals surface area contributed by atoms with Crippen molar-refractivity contribution in [1.29, 1.82) is 5.26 Å². The molecule has 0 saturated heterocycles. The average molecular weight is 348 g/mol. The van der Waals surface area contributed by atoms with Gasteiger partial charge in [-0.3, -0.25) is 4.79 Å². The Morgan fingerprint density at radius 1 is 1.32 bits per heavy atom. The Labute approximate surface area is 145 Å². The monoisotopic (exact) mass is 348 g/mol. The zero-order chi connectivity index (χ0) is 18.3. The number of rotatable bonds is 6. The van der Waals surface area contributed by atoms with Crippen LogP contribution in [0.25, 0.3) is 0 Å². The second kappa shape index (κ2) is 8.47. The maximum absolute atomic E-state index is 13.4. The minimum absolute atomic E-state index is 0.0674. The topological polar surface area (TPSA) is 88.4 Å². The molecule has 1 aromatic carbocycles. The van der Waals surface area contributed by atoms with Crippen molar-refractivity contribution in [2.75, 3.05) is 6.61 Å². The van der Waals surface area contributed by atoms with E-state index < -0.39 is 35.9 Å². The lowest BCUT2D eigenvalue weighted by Gasteiger charge is -2.32. The SMILES string of the molecule is C[C@@H](OC(=O)COc1ccccc1F)C(=O)NC1(C#N)CCCCC1. The standard InChI is InChI=1S/C18H21FN2O4/c1-13(17(23)21-18(12-20)9-5-2-6-10-18)25-16(22)11-24-15-8-4-3-7-14(15)19/h3-4,7-8,13H,2,5-6,9-11H2,1H3,(H,21,23)/t13-/m1/s1. The fourth-order valence-electron chi connectivity index (χ4n) is 2.74. The highest BCUT2D eigenvalue weighted by Gasteiger charge is 2.35. The number of amides is 1. The van der Waals surface area contributed by atoms with Crippen LogP contribution in [0.4, 0.5) is 4.39 Å². The van der Waals surface area contributed by atoms with Crippen molar-refractivity contribution < 1.29 is 23.5 Å². The van der Waals surface area contributed by atoms with Gasteiger partial charge in [-0.05, 0) is 31.9 Å². The molecule has 0 radical (unpaired) electrons. The third-order valence-corrected chi connectivity index (χ3v) is 4.14. The van der Waals surface area contributed by atoms with Gasteiger partial charge in [-0.25, -0.2) is 9.18 Å². The molecule has 1 N–H and O–H groups in total. The van der Waals surface area contributed by atoms with Crippen LogP contribution in [0.5, 0.6) is 5.75 Å². The number of ether oxygens (including phenoxy) is 2. The van der Waals surface area contributed by atoms with E-state index in [0.29, 0.717) is 12.8 Å². The highest BCUT2D eigenvalue weighted by atomic mass is 19.1. The summed E-state index contributed by atoms with van der Waals surface area (Å²) >= 11 is 0. The summed E-state index contributed by atoms with van der Waals surface area (Å²) in [4.78, 5) is 24.0. The Morgan fingerprint density at radius 2 is 2.00 bits per heavy atom. The quantitative estimate of drug-likeness (QED) is 0.798. The third-order valence-electron chi connectivity index (χ3n) is 4.14. The molecule has 0 aromatic heterocycles. The first-order valence-electron chi connectivity index (χ1n) is 8.26. The fourth-order valence-corrected chi connectivity index (χ4v) is 2.74. The average Bonchev–Trinajstić information content (AvgIpc) is 2.61. The Balaban J connectivity index is 1.83. The van der Waals surface area contributed by atoms with Gasteiger partial charge in [0.25, 0.3) is 5.91 Å². The number of halogens is 1. The van der Waals surface area contributed by atoms with Crippen LogP contribution in [0.2, 0.25) is 0 Å². The number of esters is 1. The van der Waals surface area contributed by atoms with Gasteiger partial charge in [-0.2, -0.15) is 5.26 Å². The predicted octanol–water partition coefficient (Wildman–Crippen LogP) is 2.48. The normalized spacial score (nSPS) is 17.0. The second-order valence-corrected chi connectivity index (χ2v) is 6.10. The van der Waals surface area contributed by atoms with Gasteiger partial charge < -0.3 is 14.8 Å². The van der Waals surface area contributed by atoms with Gasteiger partial charge >= 0.3 is 5.97 Å². The number of nitrogens with zero attached hydrogens (tertiary/aromatic N) is 1. The van der Waals surface area contributed by atoms with E-state index in [0.717, 1.165) is 19.3 Å². The molecule has 2 rings (SSSR count). The molecule has 0 bridgehead atoms. The molecule has 0 aliphatic heterocycles. The molecule has 1 aliphatic carbocycles. The largest absolute Gasteiger partial charge is 0.479 e. The molecule has 25 heavy (non-hydrogen) atoms. The summed E-state index contributed by atoms with van der Waals surface area (Å²) < 4.78 is 23.4. The van der Waals surface area contributed by atoms with E-state index in [-0.39, 0.29) is 5.75 Å². The number of nitriles is 1. The van der Waals surface area contributed by atoms with Crippen molar-refractivity contribution in [2.24, 2.45) is 0 Å². The summed E-state index contributed by atoms with van der Waals surface area (Å²) in [7, 11) is 0. The Bertz CT molecular complexity index is 665. The van der Waals surface area contributed by atoms with Gasteiger partial charge in [0.15, 0.2) is 24.3 Å². The van der Waals surface area contributed by atoms with Gasteiger partial charge in [0.1, 0.15) is 5.54 Å². The molecule has 6 nitrogen and oxygen atoms in total. The lowest BCUT2D eigenvalue weighted by molar-refractivity contribution is -0.157. The molecule has 0 heterocycles. The number of nitrogens with one attached hydrogen (secondary N) is 1. The number of para-hydroxylation sites is 1. The van der Waals surface area contributed by atoms with E-state index in [1.54, 1.807) is 6.07 Å². The number of hydrogen-bond acceptors (Lipinski definition) is 5. The molecular weight excluding hydrogens is 327 g/mol. The number of carbonyl (C=O) groups excluding carboxylic acids is 2. The van der Waals surface area contributed by atoms with E-state index >= 15 is 0 Å². The summed E-state index contributed by atoms with van der Waals surface area (Å²) in [5, 5.41) is 12.1. The summed E-state index contributed by atoms with van der Waals surface area (Å²) in [6, 6.07) is 7.85. The van der Waals surface area contributed by atoms with Gasteiger partial charge in [0, 0.05) is 0 Å². The predicted molar refractivity (Wildman–Crippen MR) is 87.0 cm³/mol. The molecule has 1 fully saturated rings. The number of carbonyl (C=O) groups is 2. The van der Waals surface area contributed by atoms with E-state index in [1.807, 2.05) is 0 Å². The smallest absolute Gasteiger partial charge is 0.344 e. The molecule has 0 unspecified atom stereocenters. The molecule has 1 aromatic rings. The Morgan fingerprint density at radius 3 is 2.64 bits per heavy atom. The molecule has 0 spiro atoms. The van der Waals surface area contributed by atoms with Gasteiger partial charge in [-0.1, -0.05) is 31.4 Å². The number of hydrogen-bond donors (Lipinski definition) is 1. The first-order valence-corrected chi connectivity index (χ1v) is 8.26. The first kappa shape index (κ1) is 18.7. The molecule has 7 heteroatoms. The fraction of sp³-hybridized carbons (Fsp3) is 0.500. The summed E-state index contributed by atoms with van der Waals surface area (Å²) in [5.74, 6) is -1.97. The lowest BCUT2D eigenvalue weighted by atomic mass is 9.83.